The van der Waals surface area contributed by atoms with E-state index >= 15 is 0 Å². The van der Waals surface area contributed by atoms with Crippen molar-refractivity contribution in [2.75, 3.05) is 24.7 Å². The zero-order valence-corrected chi connectivity index (χ0v) is 19.8. The summed E-state index contributed by atoms with van der Waals surface area (Å²) in [7, 11) is 0. The lowest BCUT2D eigenvalue weighted by Crippen LogP contribution is -2.45. The predicted octanol–water partition coefficient (Wildman–Crippen LogP) is 8.10. The van der Waals surface area contributed by atoms with Crippen LogP contribution in [0.1, 0.15) is 58.8 Å². The van der Waals surface area contributed by atoms with E-state index < -0.39 is 85.9 Å². The highest BCUT2D eigenvalue weighted by molar-refractivity contribution is 5.49. The van der Waals surface area contributed by atoms with Gasteiger partial charge in [-0.3, -0.25) is 4.39 Å². The molecule has 0 amide bonds. The van der Waals surface area contributed by atoms with Crippen LogP contribution < -0.4 is 4.90 Å². The van der Waals surface area contributed by atoms with Gasteiger partial charge in [0.2, 0.25) is 0 Å². The van der Waals surface area contributed by atoms with E-state index in [0.717, 1.165) is 19.3 Å². The molecule has 0 fully saturated rings. The predicted molar refractivity (Wildman–Crippen MR) is 116 cm³/mol. The third-order valence-electron chi connectivity index (χ3n) is 6.08. The second-order valence-corrected chi connectivity index (χ2v) is 8.67. The Hall–Kier alpha value is -1.68. The van der Waals surface area contributed by atoms with Crippen LogP contribution in [-0.4, -0.2) is 50.6 Å². The highest BCUT2D eigenvalue weighted by atomic mass is 19.2. The number of benzene rings is 1. The van der Waals surface area contributed by atoms with Gasteiger partial charge in [0, 0.05) is 12.6 Å². The molecule has 0 spiro atoms. The fourth-order valence-electron chi connectivity index (χ4n) is 3.80. The molecule has 35 heavy (non-hydrogen) atoms. The van der Waals surface area contributed by atoms with Gasteiger partial charge in [-0.05, 0) is 25.2 Å². The topological polar surface area (TPSA) is 3.24 Å². The Labute approximate surface area is 199 Å². The number of unbranched alkanes of at least 4 members (excludes halogenated alkanes) is 1. The maximum atomic E-state index is 14.7. The van der Waals surface area contributed by atoms with Crippen molar-refractivity contribution in [2.24, 2.45) is 5.92 Å². The van der Waals surface area contributed by atoms with Crippen LogP contribution in [0, 0.1) is 29.2 Å². The summed E-state index contributed by atoms with van der Waals surface area (Å²) in [6.45, 7) is 1.43. The van der Waals surface area contributed by atoms with E-state index in [2.05, 4.69) is 0 Å². The molecule has 0 aliphatic rings. The largest absolute Gasteiger partial charge is 0.366 e. The van der Waals surface area contributed by atoms with Crippen molar-refractivity contribution in [3.63, 3.8) is 0 Å². The van der Waals surface area contributed by atoms with E-state index in [0.29, 0.717) is 11.3 Å². The smallest absolute Gasteiger partial charge is 0.199 e. The van der Waals surface area contributed by atoms with Gasteiger partial charge in [-0.15, -0.1) is 0 Å². The number of nitrogens with zero attached hydrogens (tertiary/aromatic N) is 1. The fraction of sp³-hybridized carbons (Fsp3) is 0.750. The molecule has 0 saturated carbocycles. The standard InChI is InChI=1S/C24H33F10N/c1-3-5-7-14(4-2)9-11-35(18-12-16(27)20(30)24(34)22(18)32)13-17(28)21(31)23(33)19(29)15(26)8-6-10-25/h12,14-15,17,19,21,23H,3-11,13H2,1-2H3. The summed E-state index contributed by atoms with van der Waals surface area (Å²) in [4.78, 5) is 0.711. The van der Waals surface area contributed by atoms with Crippen molar-refractivity contribution in [3.8, 4) is 0 Å². The summed E-state index contributed by atoms with van der Waals surface area (Å²) in [6.07, 6.45) is -12.7. The summed E-state index contributed by atoms with van der Waals surface area (Å²) in [6, 6.07) is 0.278. The van der Waals surface area contributed by atoms with Gasteiger partial charge in [0.25, 0.3) is 0 Å². The van der Waals surface area contributed by atoms with E-state index in [4.69, 9.17) is 0 Å². The summed E-state index contributed by atoms with van der Waals surface area (Å²) < 4.78 is 138. The monoisotopic (exact) mass is 525 g/mol. The van der Waals surface area contributed by atoms with Gasteiger partial charge in [-0.2, -0.15) is 0 Å². The van der Waals surface area contributed by atoms with E-state index in [1.807, 2.05) is 13.8 Å². The van der Waals surface area contributed by atoms with Crippen LogP contribution in [0.5, 0.6) is 0 Å². The van der Waals surface area contributed by atoms with Crippen molar-refractivity contribution < 1.29 is 43.9 Å². The van der Waals surface area contributed by atoms with Gasteiger partial charge < -0.3 is 4.90 Å². The van der Waals surface area contributed by atoms with Gasteiger partial charge in [0.15, 0.2) is 48.0 Å². The first kappa shape index (κ1) is 31.4. The quantitative estimate of drug-likeness (QED) is 0.113. The fourth-order valence-corrected chi connectivity index (χ4v) is 3.80. The van der Waals surface area contributed by atoms with E-state index in [-0.39, 0.29) is 24.9 Å². The maximum Gasteiger partial charge on any atom is 0.199 e. The SMILES string of the molecule is CCCCC(CC)CCN(CC(F)C(F)C(F)C(F)C(F)CCCF)c1cc(F)c(F)c(F)c1F. The lowest BCUT2D eigenvalue weighted by molar-refractivity contribution is 0.000412. The number of hydrogen-bond donors (Lipinski definition) is 0. The van der Waals surface area contributed by atoms with Crippen LogP contribution in [0.4, 0.5) is 49.6 Å². The second kappa shape index (κ2) is 15.4. The first-order valence-electron chi connectivity index (χ1n) is 11.8. The number of halogens is 10. The third kappa shape index (κ3) is 9.04. The molecular weight excluding hydrogens is 492 g/mol. The van der Waals surface area contributed by atoms with Crippen molar-refractivity contribution in [3.05, 3.63) is 29.3 Å². The summed E-state index contributed by atoms with van der Waals surface area (Å²) in [5.74, 6) is -7.82. The lowest BCUT2D eigenvalue weighted by atomic mass is 9.95. The highest BCUT2D eigenvalue weighted by Gasteiger charge is 2.41. The highest BCUT2D eigenvalue weighted by Crippen LogP contribution is 2.30. The number of rotatable bonds is 17. The van der Waals surface area contributed by atoms with E-state index in [1.165, 1.54) is 0 Å². The minimum Gasteiger partial charge on any atom is -0.366 e. The number of hydrogen-bond acceptors (Lipinski definition) is 1. The molecule has 0 aliphatic carbocycles. The molecule has 1 nitrogen and oxygen atoms in total. The van der Waals surface area contributed by atoms with Crippen LogP contribution >= 0.6 is 0 Å². The van der Waals surface area contributed by atoms with Crippen LogP contribution in [-0.2, 0) is 0 Å². The average Bonchev–Trinajstić information content (AvgIpc) is 2.85. The molecule has 0 saturated heterocycles. The van der Waals surface area contributed by atoms with Crippen LogP contribution in [0.3, 0.4) is 0 Å². The normalized spacial score (nSPS) is 17.0. The van der Waals surface area contributed by atoms with E-state index in [1.54, 1.807) is 0 Å². The molecule has 1 aromatic rings. The van der Waals surface area contributed by atoms with Crippen molar-refractivity contribution >= 4 is 5.69 Å². The van der Waals surface area contributed by atoms with Crippen molar-refractivity contribution in [1.82, 2.24) is 0 Å². The van der Waals surface area contributed by atoms with Gasteiger partial charge >= 0.3 is 0 Å². The molecule has 0 bridgehead atoms. The molecule has 204 valence electrons. The molecule has 11 heteroatoms. The first-order valence-corrected chi connectivity index (χ1v) is 11.8. The Morgan fingerprint density at radius 3 is 1.94 bits per heavy atom. The van der Waals surface area contributed by atoms with Crippen LogP contribution in [0.2, 0.25) is 0 Å². The van der Waals surface area contributed by atoms with Gasteiger partial charge in [0.05, 0.1) is 18.9 Å². The molecule has 0 N–H and O–H groups in total. The maximum absolute atomic E-state index is 14.7. The van der Waals surface area contributed by atoms with Gasteiger partial charge in [-0.1, -0.05) is 39.5 Å². The number of anilines is 1. The first-order chi connectivity index (χ1) is 16.5. The minimum absolute atomic E-state index is 0.0434. The van der Waals surface area contributed by atoms with E-state index in [9.17, 15) is 43.9 Å². The summed E-state index contributed by atoms with van der Waals surface area (Å²) >= 11 is 0. The molecule has 6 atom stereocenters. The zero-order valence-electron chi connectivity index (χ0n) is 19.8. The van der Waals surface area contributed by atoms with Crippen LogP contribution in [0.25, 0.3) is 0 Å². The minimum atomic E-state index is -3.25. The third-order valence-corrected chi connectivity index (χ3v) is 6.08. The summed E-state index contributed by atoms with van der Waals surface area (Å²) in [5.41, 5.74) is -0.903. The molecule has 0 aliphatic heterocycles. The molecule has 1 aromatic carbocycles. The Bertz CT molecular complexity index is 750. The van der Waals surface area contributed by atoms with Gasteiger partial charge in [0.1, 0.15) is 6.17 Å². The van der Waals surface area contributed by atoms with Gasteiger partial charge in [-0.25, -0.2) is 39.5 Å². The lowest BCUT2D eigenvalue weighted by Gasteiger charge is -2.31. The summed E-state index contributed by atoms with van der Waals surface area (Å²) in [5, 5.41) is 0. The molecule has 1 rings (SSSR count). The molecular formula is C24H33F10N. The molecule has 6 unspecified atom stereocenters. The second-order valence-electron chi connectivity index (χ2n) is 8.67. The Balaban J connectivity index is 3.11. The molecule has 0 radical (unpaired) electrons. The van der Waals surface area contributed by atoms with Crippen molar-refractivity contribution in [1.29, 1.82) is 0 Å². The Morgan fingerprint density at radius 2 is 1.37 bits per heavy atom. The number of alkyl halides is 6. The Morgan fingerprint density at radius 1 is 0.743 bits per heavy atom. The van der Waals surface area contributed by atoms with Crippen molar-refractivity contribution in [2.45, 2.75) is 89.7 Å². The average molecular weight is 526 g/mol. The molecule has 0 aromatic heterocycles. The molecule has 0 heterocycles. The Kier molecular flexibility index (Phi) is 13.8. The zero-order chi connectivity index (χ0) is 26.7. The van der Waals surface area contributed by atoms with Crippen LogP contribution in [0.15, 0.2) is 6.07 Å².